The highest BCUT2D eigenvalue weighted by molar-refractivity contribution is 6.21. The third kappa shape index (κ3) is 3.79. The minimum Gasteiger partial charge on any atom is -0.448 e. The lowest BCUT2D eigenvalue weighted by molar-refractivity contribution is -0.0588. The maximum atomic E-state index is 12.9. The summed E-state index contributed by atoms with van der Waals surface area (Å²) in [5, 5.41) is 6.93. The van der Waals surface area contributed by atoms with Gasteiger partial charge in [-0.3, -0.25) is 19.6 Å². The Morgan fingerprint density at radius 3 is 1.95 bits per heavy atom. The van der Waals surface area contributed by atoms with Gasteiger partial charge in [0.15, 0.2) is 5.69 Å². The zero-order valence-electron chi connectivity index (χ0n) is 20.1. The lowest BCUT2D eigenvalue weighted by Gasteiger charge is -2.15. The van der Waals surface area contributed by atoms with Crippen LogP contribution in [0.2, 0.25) is 0 Å². The number of hydrogen-bond acceptors (Lipinski definition) is 7. The highest BCUT2D eigenvalue weighted by Gasteiger charge is 2.39. The fourth-order valence-corrected chi connectivity index (χ4v) is 4.85. The lowest BCUT2D eigenvalue weighted by Crippen LogP contribution is -2.33. The van der Waals surface area contributed by atoms with E-state index in [1.165, 1.54) is 23.0 Å². The molecule has 3 aromatic carbocycles. The number of aryl methyl sites for hydroxylation is 1. The van der Waals surface area contributed by atoms with Crippen LogP contribution in [0, 0.1) is 0 Å². The minimum absolute atomic E-state index is 0.00586. The van der Waals surface area contributed by atoms with Gasteiger partial charge in [0.2, 0.25) is 0 Å². The molecule has 1 N–H and O–H groups in total. The highest BCUT2D eigenvalue weighted by Crippen LogP contribution is 2.44. The van der Waals surface area contributed by atoms with Gasteiger partial charge in [-0.05, 0) is 34.4 Å². The fraction of sp³-hybridized carbons (Fsp3) is 0.107. The molecular weight excluding hydrogens is 488 g/mol. The number of imide groups is 1. The number of anilines is 1. The van der Waals surface area contributed by atoms with Crippen molar-refractivity contribution < 1.29 is 28.8 Å². The average molecular weight is 508 g/mol. The van der Waals surface area contributed by atoms with Gasteiger partial charge in [-0.1, -0.05) is 65.7 Å². The predicted molar refractivity (Wildman–Crippen MR) is 134 cm³/mol. The molecule has 0 saturated carbocycles. The topological polar surface area (TPSA) is 120 Å². The molecule has 4 aromatic rings. The molecule has 1 aliphatic heterocycles. The van der Waals surface area contributed by atoms with Crippen LogP contribution in [0.25, 0.3) is 11.1 Å². The largest absolute Gasteiger partial charge is 0.448 e. The SMILES string of the molecule is Cn1cc(NC(=O)OCC2c3ccccc3-c3ccccc32)c(C(=O)ON2C(=O)c3ccccc3C2=O)n1. The Morgan fingerprint density at radius 2 is 1.37 bits per heavy atom. The van der Waals surface area contributed by atoms with E-state index in [2.05, 4.69) is 10.4 Å². The molecular formula is C28H20N4O6. The van der Waals surface area contributed by atoms with Gasteiger partial charge in [-0.15, -0.1) is 0 Å². The van der Waals surface area contributed by atoms with Gasteiger partial charge >= 0.3 is 12.1 Å². The summed E-state index contributed by atoms with van der Waals surface area (Å²) in [6.07, 6.45) is 0.593. The van der Waals surface area contributed by atoms with Gasteiger partial charge in [-0.25, -0.2) is 9.59 Å². The number of hydroxylamine groups is 2. The van der Waals surface area contributed by atoms with Gasteiger partial charge in [-0.2, -0.15) is 5.10 Å². The van der Waals surface area contributed by atoms with Crippen LogP contribution in [-0.2, 0) is 16.6 Å². The number of ether oxygens (including phenoxy) is 1. The number of nitrogens with zero attached hydrogens (tertiary/aromatic N) is 3. The van der Waals surface area contributed by atoms with Crippen molar-refractivity contribution in [1.82, 2.24) is 14.8 Å². The first-order chi connectivity index (χ1) is 18.4. The van der Waals surface area contributed by atoms with Crippen molar-refractivity contribution in [3.8, 4) is 11.1 Å². The van der Waals surface area contributed by atoms with E-state index in [9.17, 15) is 19.2 Å². The second-order valence-electron chi connectivity index (χ2n) is 8.84. The Kier molecular flexibility index (Phi) is 5.49. The Bertz CT molecular complexity index is 1560. The van der Waals surface area contributed by atoms with Crippen LogP contribution in [0.1, 0.15) is 48.2 Å². The summed E-state index contributed by atoms with van der Waals surface area (Å²) in [6.45, 7) is 0.0783. The molecule has 3 amide bonds. The number of nitrogens with one attached hydrogen (secondary N) is 1. The third-order valence-electron chi connectivity index (χ3n) is 6.53. The summed E-state index contributed by atoms with van der Waals surface area (Å²) in [6, 6.07) is 22.1. The quantitative estimate of drug-likeness (QED) is 0.402. The Labute approximate surface area is 216 Å². The number of amides is 3. The Balaban J connectivity index is 1.15. The van der Waals surface area contributed by atoms with Crippen molar-refractivity contribution in [2.24, 2.45) is 7.05 Å². The van der Waals surface area contributed by atoms with E-state index in [0.29, 0.717) is 5.06 Å². The lowest BCUT2D eigenvalue weighted by atomic mass is 9.98. The van der Waals surface area contributed by atoms with E-state index >= 15 is 0 Å². The highest BCUT2D eigenvalue weighted by atomic mass is 16.7. The molecule has 10 nitrogen and oxygen atoms in total. The molecule has 2 heterocycles. The zero-order chi connectivity index (χ0) is 26.4. The summed E-state index contributed by atoms with van der Waals surface area (Å²) in [7, 11) is 1.54. The molecule has 1 aliphatic carbocycles. The van der Waals surface area contributed by atoms with Crippen LogP contribution in [0.4, 0.5) is 10.5 Å². The van der Waals surface area contributed by atoms with Crippen molar-refractivity contribution >= 4 is 29.6 Å². The number of carbonyl (C=O) groups excluding carboxylic acids is 4. The van der Waals surface area contributed by atoms with E-state index < -0.39 is 23.9 Å². The zero-order valence-corrected chi connectivity index (χ0v) is 20.1. The number of hydrogen-bond donors (Lipinski definition) is 1. The third-order valence-corrected chi connectivity index (χ3v) is 6.53. The van der Waals surface area contributed by atoms with Gasteiger partial charge in [0.1, 0.15) is 6.61 Å². The summed E-state index contributed by atoms with van der Waals surface area (Å²) in [5.41, 5.74) is 4.29. The first kappa shape index (κ1) is 23.2. The fourth-order valence-electron chi connectivity index (χ4n) is 4.85. The molecule has 0 atom stereocenters. The van der Waals surface area contributed by atoms with Crippen molar-refractivity contribution in [3.63, 3.8) is 0 Å². The Morgan fingerprint density at radius 1 is 0.842 bits per heavy atom. The van der Waals surface area contributed by atoms with E-state index in [1.54, 1.807) is 19.2 Å². The molecule has 10 heteroatoms. The molecule has 0 bridgehead atoms. The molecule has 38 heavy (non-hydrogen) atoms. The van der Waals surface area contributed by atoms with Gasteiger partial charge in [0.05, 0.1) is 16.8 Å². The summed E-state index contributed by atoms with van der Waals surface area (Å²) < 4.78 is 6.83. The first-order valence-corrected chi connectivity index (χ1v) is 11.8. The summed E-state index contributed by atoms with van der Waals surface area (Å²) in [5.74, 6) is -2.75. The number of fused-ring (bicyclic) bond motifs is 4. The Hall–Kier alpha value is -5.25. The predicted octanol–water partition coefficient (Wildman–Crippen LogP) is 4.15. The van der Waals surface area contributed by atoms with Crippen LogP contribution in [-0.4, -0.2) is 45.3 Å². The average Bonchev–Trinajstić information content (AvgIpc) is 3.53. The normalized spacial score (nSPS) is 13.7. The van der Waals surface area contributed by atoms with Gasteiger partial charge < -0.3 is 9.57 Å². The molecule has 0 unspecified atom stereocenters. The number of rotatable bonds is 5. The standard InChI is InChI=1S/C28H20N4O6/c1-31-14-23(24(30-31)27(35)38-32-25(33)20-12-6-7-13-21(20)26(32)34)29-28(36)37-15-22-18-10-4-2-8-16(18)17-9-3-5-11-19(17)22/h2-14,22H,15H2,1H3,(H,29,36). The summed E-state index contributed by atoms with van der Waals surface area (Å²) in [4.78, 5) is 55.8. The monoisotopic (exact) mass is 508 g/mol. The second kappa shape index (κ2) is 9.00. The van der Waals surface area contributed by atoms with Crippen LogP contribution >= 0.6 is 0 Å². The van der Waals surface area contributed by atoms with E-state index in [1.807, 2.05) is 48.5 Å². The van der Waals surface area contributed by atoms with Crippen LogP contribution in [0.5, 0.6) is 0 Å². The molecule has 0 fully saturated rings. The molecule has 0 radical (unpaired) electrons. The van der Waals surface area contributed by atoms with Crippen molar-refractivity contribution in [1.29, 1.82) is 0 Å². The van der Waals surface area contributed by atoms with Crippen LogP contribution < -0.4 is 5.32 Å². The smallest absolute Gasteiger partial charge is 0.411 e. The van der Waals surface area contributed by atoms with E-state index in [-0.39, 0.29) is 35.0 Å². The molecule has 0 saturated heterocycles. The van der Waals surface area contributed by atoms with Crippen LogP contribution in [0.15, 0.2) is 79.0 Å². The number of benzene rings is 3. The first-order valence-electron chi connectivity index (χ1n) is 11.8. The molecule has 188 valence electrons. The molecule has 1 aromatic heterocycles. The molecule has 0 spiro atoms. The minimum atomic E-state index is -1.09. The molecule has 6 rings (SSSR count). The molecule has 2 aliphatic rings. The second-order valence-corrected chi connectivity index (χ2v) is 8.84. The van der Waals surface area contributed by atoms with E-state index in [4.69, 9.17) is 9.57 Å². The van der Waals surface area contributed by atoms with Gasteiger partial charge in [0.25, 0.3) is 11.8 Å². The van der Waals surface area contributed by atoms with Crippen molar-refractivity contribution in [3.05, 3.63) is 107 Å². The van der Waals surface area contributed by atoms with Gasteiger partial charge in [0, 0.05) is 19.2 Å². The van der Waals surface area contributed by atoms with Crippen molar-refractivity contribution in [2.75, 3.05) is 11.9 Å². The number of aromatic nitrogens is 2. The van der Waals surface area contributed by atoms with Crippen LogP contribution in [0.3, 0.4) is 0 Å². The summed E-state index contributed by atoms with van der Waals surface area (Å²) >= 11 is 0. The van der Waals surface area contributed by atoms with E-state index in [0.717, 1.165) is 22.3 Å². The van der Waals surface area contributed by atoms with Crippen molar-refractivity contribution in [2.45, 2.75) is 5.92 Å². The number of carbonyl (C=O) groups is 4. The maximum Gasteiger partial charge on any atom is 0.411 e. The maximum absolute atomic E-state index is 12.9.